The standard InChI is InChI=1S/C12H16O2/c1-10-6-8-11(9-7-10)4-3-5-12(13)14-2/h6-9H,3-5H2,1-2H3. The van der Waals surface area contributed by atoms with Crippen LogP contribution in [-0.4, -0.2) is 13.1 Å². The van der Waals surface area contributed by atoms with E-state index in [-0.39, 0.29) is 5.97 Å². The van der Waals surface area contributed by atoms with Gasteiger partial charge in [0.05, 0.1) is 7.11 Å². The van der Waals surface area contributed by atoms with E-state index in [1.807, 2.05) is 0 Å². The molecule has 0 aliphatic carbocycles. The topological polar surface area (TPSA) is 26.3 Å². The van der Waals surface area contributed by atoms with Gasteiger partial charge in [-0.05, 0) is 25.3 Å². The molecule has 0 saturated carbocycles. The molecule has 0 atom stereocenters. The minimum atomic E-state index is -0.128. The molecule has 0 fully saturated rings. The van der Waals surface area contributed by atoms with Gasteiger partial charge in [0.15, 0.2) is 0 Å². The Morgan fingerprint density at radius 1 is 1.29 bits per heavy atom. The second-order valence-electron chi connectivity index (χ2n) is 3.42. The van der Waals surface area contributed by atoms with Crippen LogP contribution in [0.15, 0.2) is 24.3 Å². The molecule has 0 N–H and O–H groups in total. The number of carbonyl (C=O) groups excluding carboxylic acids is 1. The van der Waals surface area contributed by atoms with Gasteiger partial charge >= 0.3 is 5.97 Å². The molecule has 0 unspecified atom stereocenters. The molecule has 0 saturated heterocycles. The molecule has 0 aliphatic heterocycles. The van der Waals surface area contributed by atoms with Crippen LogP contribution in [0.25, 0.3) is 0 Å². The molecule has 1 aromatic carbocycles. The van der Waals surface area contributed by atoms with Crippen molar-refractivity contribution >= 4 is 5.97 Å². The molecule has 0 spiro atoms. The Kier molecular flexibility index (Phi) is 4.17. The molecule has 2 heteroatoms. The number of benzene rings is 1. The molecule has 2 nitrogen and oxygen atoms in total. The van der Waals surface area contributed by atoms with Crippen molar-refractivity contribution in [2.24, 2.45) is 0 Å². The van der Waals surface area contributed by atoms with Crippen molar-refractivity contribution in [2.75, 3.05) is 7.11 Å². The smallest absolute Gasteiger partial charge is 0.305 e. The summed E-state index contributed by atoms with van der Waals surface area (Å²) < 4.78 is 4.57. The van der Waals surface area contributed by atoms with Gasteiger partial charge in [-0.3, -0.25) is 4.79 Å². The minimum absolute atomic E-state index is 0.128. The van der Waals surface area contributed by atoms with Crippen LogP contribution in [-0.2, 0) is 16.0 Å². The average Bonchev–Trinajstić information content (AvgIpc) is 2.21. The molecule has 76 valence electrons. The lowest BCUT2D eigenvalue weighted by molar-refractivity contribution is -0.140. The number of esters is 1. The molecular formula is C12H16O2. The first-order valence-corrected chi connectivity index (χ1v) is 4.84. The summed E-state index contributed by atoms with van der Waals surface area (Å²) in [5.74, 6) is -0.128. The summed E-state index contributed by atoms with van der Waals surface area (Å²) in [6.07, 6.45) is 2.30. The number of carbonyl (C=O) groups is 1. The van der Waals surface area contributed by atoms with E-state index >= 15 is 0 Å². The van der Waals surface area contributed by atoms with Crippen molar-refractivity contribution in [1.29, 1.82) is 0 Å². The number of ether oxygens (including phenoxy) is 1. The molecule has 0 heterocycles. The van der Waals surface area contributed by atoms with Crippen LogP contribution in [0, 0.1) is 6.92 Å². The van der Waals surface area contributed by atoms with Crippen LogP contribution in [0.1, 0.15) is 24.0 Å². The maximum absolute atomic E-state index is 10.8. The van der Waals surface area contributed by atoms with Crippen molar-refractivity contribution in [3.63, 3.8) is 0 Å². The first-order valence-electron chi connectivity index (χ1n) is 4.84. The molecule has 1 rings (SSSR count). The highest BCUT2D eigenvalue weighted by Crippen LogP contribution is 2.07. The van der Waals surface area contributed by atoms with Crippen LogP contribution in [0.3, 0.4) is 0 Å². The summed E-state index contributed by atoms with van der Waals surface area (Å²) in [6.45, 7) is 2.07. The highest BCUT2D eigenvalue weighted by atomic mass is 16.5. The summed E-state index contributed by atoms with van der Waals surface area (Å²) in [4.78, 5) is 10.8. The zero-order chi connectivity index (χ0) is 10.4. The van der Waals surface area contributed by atoms with Crippen LogP contribution in [0.4, 0.5) is 0 Å². The monoisotopic (exact) mass is 192 g/mol. The van der Waals surface area contributed by atoms with Crippen LogP contribution in [0.5, 0.6) is 0 Å². The number of rotatable bonds is 4. The van der Waals surface area contributed by atoms with Gasteiger partial charge < -0.3 is 4.74 Å². The number of aryl methyl sites for hydroxylation is 2. The third-order valence-electron chi connectivity index (χ3n) is 2.19. The summed E-state index contributed by atoms with van der Waals surface area (Å²) in [5.41, 5.74) is 2.54. The molecule has 0 aliphatic rings. The van der Waals surface area contributed by atoms with E-state index in [9.17, 15) is 4.79 Å². The Hall–Kier alpha value is -1.31. The SMILES string of the molecule is COC(=O)CCCc1ccc(C)cc1. The molecular weight excluding hydrogens is 176 g/mol. The van der Waals surface area contributed by atoms with Gasteiger partial charge in [-0.15, -0.1) is 0 Å². The third kappa shape index (κ3) is 3.60. The zero-order valence-corrected chi connectivity index (χ0v) is 8.75. The Balaban J connectivity index is 2.31. The Morgan fingerprint density at radius 2 is 1.93 bits per heavy atom. The largest absolute Gasteiger partial charge is 0.469 e. The van der Waals surface area contributed by atoms with Crippen molar-refractivity contribution in [2.45, 2.75) is 26.2 Å². The zero-order valence-electron chi connectivity index (χ0n) is 8.75. The Labute approximate surface area is 84.9 Å². The van der Waals surface area contributed by atoms with E-state index in [2.05, 4.69) is 35.9 Å². The third-order valence-corrected chi connectivity index (χ3v) is 2.19. The normalized spacial score (nSPS) is 9.86. The highest BCUT2D eigenvalue weighted by molar-refractivity contribution is 5.69. The first kappa shape index (κ1) is 10.8. The van der Waals surface area contributed by atoms with E-state index < -0.39 is 0 Å². The predicted molar refractivity (Wildman–Crippen MR) is 56.1 cm³/mol. The van der Waals surface area contributed by atoms with E-state index in [1.165, 1.54) is 18.2 Å². The quantitative estimate of drug-likeness (QED) is 0.685. The average molecular weight is 192 g/mol. The van der Waals surface area contributed by atoms with E-state index in [4.69, 9.17) is 0 Å². The van der Waals surface area contributed by atoms with Gasteiger partial charge in [-0.2, -0.15) is 0 Å². The molecule has 0 amide bonds. The maximum Gasteiger partial charge on any atom is 0.305 e. The molecule has 0 aromatic heterocycles. The van der Waals surface area contributed by atoms with Crippen molar-refractivity contribution in [3.05, 3.63) is 35.4 Å². The van der Waals surface area contributed by atoms with Crippen molar-refractivity contribution in [3.8, 4) is 0 Å². The van der Waals surface area contributed by atoms with Crippen molar-refractivity contribution < 1.29 is 9.53 Å². The fourth-order valence-electron chi connectivity index (χ4n) is 1.29. The Bertz CT molecular complexity index is 288. The summed E-state index contributed by atoms with van der Waals surface area (Å²) in [5, 5.41) is 0. The van der Waals surface area contributed by atoms with E-state index in [0.29, 0.717) is 6.42 Å². The fourth-order valence-corrected chi connectivity index (χ4v) is 1.29. The van der Waals surface area contributed by atoms with Gasteiger partial charge in [0, 0.05) is 6.42 Å². The maximum atomic E-state index is 10.8. The number of hydrogen-bond acceptors (Lipinski definition) is 2. The molecule has 14 heavy (non-hydrogen) atoms. The molecule has 0 radical (unpaired) electrons. The summed E-state index contributed by atoms with van der Waals surface area (Å²) in [6, 6.07) is 8.39. The lowest BCUT2D eigenvalue weighted by atomic mass is 10.1. The lowest BCUT2D eigenvalue weighted by Crippen LogP contribution is -2.00. The number of hydrogen-bond donors (Lipinski definition) is 0. The fraction of sp³-hybridized carbons (Fsp3) is 0.417. The van der Waals surface area contributed by atoms with Gasteiger partial charge in [0.1, 0.15) is 0 Å². The highest BCUT2D eigenvalue weighted by Gasteiger charge is 1.99. The van der Waals surface area contributed by atoms with Gasteiger partial charge in [-0.25, -0.2) is 0 Å². The molecule has 0 bridgehead atoms. The Morgan fingerprint density at radius 3 is 2.50 bits per heavy atom. The van der Waals surface area contributed by atoms with E-state index in [1.54, 1.807) is 0 Å². The van der Waals surface area contributed by atoms with Crippen LogP contribution >= 0.6 is 0 Å². The first-order chi connectivity index (χ1) is 6.72. The molecule has 1 aromatic rings. The van der Waals surface area contributed by atoms with Gasteiger partial charge in [0.25, 0.3) is 0 Å². The van der Waals surface area contributed by atoms with Crippen molar-refractivity contribution in [1.82, 2.24) is 0 Å². The predicted octanol–water partition coefficient (Wildman–Crippen LogP) is 2.49. The van der Waals surface area contributed by atoms with Gasteiger partial charge in [0.2, 0.25) is 0 Å². The summed E-state index contributed by atoms with van der Waals surface area (Å²) >= 11 is 0. The lowest BCUT2D eigenvalue weighted by Gasteiger charge is -2.01. The van der Waals surface area contributed by atoms with E-state index in [0.717, 1.165) is 12.8 Å². The second kappa shape index (κ2) is 5.43. The second-order valence-corrected chi connectivity index (χ2v) is 3.42. The summed E-state index contributed by atoms with van der Waals surface area (Å²) in [7, 11) is 1.42. The van der Waals surface area contributed by atoms with Crippen LogP contribution in [0.2, 0.25) is 0 Å². The number of methoxy groups -OCH3 is 1. The van der Waals surface area contributed by atoms with Crippen LogP contribution < -0.4 is 0 Å². The van der Waals surface area contributed by atoms with Gasteiger partial charge in [-0.1, -0.05) is 29.8 Å². The minimum Gasteiger partial charge on any atom is -0.469 e.